The molecule has 2 atom stereocenters. The van der Waals surface area contributed by atoms with Crippen molar-refractivity contribution in [2.45, 2.75) is 38.2 Å². The zero-order chi connectivity index (χ0) is 21.9. The van der Waals surface area contributed by atoms with Crippen LogP contribution in [0.3, 0.4) is 0 Å². The van der Waals surface area contributed by atoms with Crippen molar-refractivity contribution in [1.82, 2.24) is 9.97 Å². The van der Waals surface area contributed by atoms with E-state index in [1.807, 2.05) is 24.9 Å². The fourth-order valence-electron chi connectivity index (χ4n) is 3.32. The van der Waals surface area contributed by atoms with Crippen molar-refractivity contribution in [3.8, 4) is 5.75 Å². The highest BCUT2D eigenvalue weighted by Gasteiger charge is 2.43. The van der Waals surface area contributed by atoms with Gasteiger partial charge in [-0.25, -0.2) is 4.98 Å². The lowest BCUT2D eigenvalue weighted by atomic mass is 9.94. The Labute approximate surface area is 174 Å². The largest absolute Gasteiger partial charge is 0.489 e. The number of amides is 1. The van der Waals surface area contributed by atoms with Gasteiger partial charge in [-0.15, -0.1) is 0 Å². The normalized spacial score (nSPS) is 17.6. The van der Waals surface area contributed by atoms with Gasteiger partial charge in [-0.3, -0.25) is 4.79 Å². The Kier molecular flexibility index (Phi) is 6.38. The van der Waals surface area contributed by atoms with E-state index in [4.69, 9.17) is 10.5 Å². The van der Waals surface area contributed by atoms with Gasteiger partial charge in [0.15, 0.2) is 0 Å². The molecule has 1 fully saturated rings. The zero-order valence-corrected chi connectivity index (χ0v) is 17.4. The van der Waals surface area contributed by atoms with Crippen molar-refractivity contribution in [3.05, 3.63) is 42.1 Å². The lowest BCUT2D eigenvalue weighted by Gasteiger charge is -2.22. The molecule has 9 heteroatoms. The average Bonchev–Trinajstić information content (AvgIpc) is 3.21. The second kappa shape index (κ2) is 8.81. The zero-order valence-electron chi connectivity index (χ0n) is 17.4. The Morgan fingerprint density at radius 2 is 2.07 bits per heavy atom. The van der Waals surface area contributed by atoms with E-state index in [9.17, 15) is 13.6 Å². The summed E-state index contributed by atoms with van der Waals surface area (Å²) in [6.45, 7) is 5.61. The summed E-state index contributed by atoms with van der Waals surface area (Å²) in [6, 6.07) is 8.25. The molecule has 30 heavy (non-hydrogen) atoms. The fraction of sp³-hybridized carbons (Fsp3) is 0.476. The topological polar surface area (TPSA) is 84.6 Å². The van der Waals surface area contributed by atoms with Gasteiger partial charge < -0.3 is 20.3 Å². The number of carbonyl (C=O) groups excluding carboxylic acids is 1. The summed E-state index contributed by atoms with van der Waals surface area (Å²) in [4.78, 5) is 24.0. The van der Waals surface area contributed by atoms with Crippen LogP contribution < -0.4 is 20.3 Å². The Morgan fingerprint density at radius 1 is 1.37 bits per heavy atom. The van der Waals surface area contributed by atoms with Crippen molar-refractivity contribution in [2.75, 3.05) is 36.5 Å². The van der Waals surface area contributed by atoms with Crippen molar-refractivity contribution in [2.24, 2.45) is 5.73 Å². The third-order valence-electron chi connectivity index (χ3n) is 5.47. The van der Waals surface area contributed by atoms with E-state index < -0.39 is 17.7 Å². The van der Waals surface area contributed by atoms with Gasteiger partial charge in [0.1, 0.15) is 17.7 Å². The minimum absolute atomic E-state index is 0.0392. The minimum atomic E-state index is -3.60. The van der Waals surface area contributed by atoms with Gasteiger partial charge in [0.25, 0.3) is 5.91 Å². The summed E-state index contributed by atoms with van der Waals surface area (Å²) in [5.74, 6) is -4.41. The standard InChI is InChI=1S/C21H27F2N5O2/c1-4-27(3)20-25-11-9-18(26-20)28-12-10-17(13-28)30-16-7-5-15(6-8-16)14(2)21(22,23)19(24)29/h5-9,11,14,17H,4,10,12-13H2,1-3H3,(H2,24,29)/t14-,17+/m0/s1. The quantitative estimate of drug-likeness (QED) is 0.708. The van der Waals surface area contributed by atoms with Crippen LogP contribution in [-0.4, -0.2) is 54.6 Å². The van der Waals surface area contributed by atoms with Gasteiger partial charge in [-0.2, -0.15) is 13.8 Å². The molecular weight excluding hydrogens is 392 g/mol. The summed E-state index contributed by atoms with van der Waals surface area (Å²) >= 11 is 0. The molecule has 1 aromatic heterocycles. The predicted molar refractivity (Wildman–Crippen MR) is 111 cm³/mol. The number of hydrogen-bond acceptors (Lipinski definition) is 6. The highest BCUT2D eigenvalue weighted by molar-refractivity contribution is 5.82. The van der Waals surface area contributed by atoms with E-state index in [2.05, 4.69) is 14.9 Å². The highest BCUT2D eigenvalue weighted by Crippen LogP contribution is 2.34. The van der Waals surface area contributed by atoms with E-state index in [1.165, 1.54) is 6.92 Å². The van der Waals surface area contributed by atoms with Gasteiger partial charge >= 0.3 is 5.92 Å². The third kappa shape index (κ3) is 4.60. The lowest BCUT2D eigenvalue weighted by molar-refractivity contribution is -0.144. The van der Waals surface area contributed by atoms with Crippen LogP contribution >= 0.6 is 0 Å². The van der Waals surface area contributed by atoms with Crippen LogP contribution in [0.1, 0.15) is 31.7 Å². The Hall–Kier alpha value is -2.97. The van der Waals surface area contributed by atoms with E-state index in [-0.39, 0.29) is 6.10 Å². The minimum Gasteiger partial charge on any atom is -0.489 e. The molecule has 0 bridgehead atoms. The molecule has 1 saturated heterocycles. The lowest BCUT2D eigenvalue weighted by Crippen LogP contribution is -2.39. The number of ether oxygens (including phenoxy) is 1. The summed E-state index contributed by atoms with van der Waals surface area (Å²) in [5.41, 5.74) is 5.14. The molecule has 0 saturated carbocycles. The number of rotatable bonds is 8. The highest BCUT2D eigenvalue weighted by atomic mass is 19.3. The number of aromatic nitrogens is 2. The van der Waals surface area contributed by atoms with Crippen LogP contribution in [-0.2, 0) is 4.79 Å². The number of alkyl halides is 2. The summed E-state index contributed by atoms with van der Waals surface area (Å²) in [5, 5.41) is 0. The molecule has 162 valence electrons. The van der Waals surface area contributed by atoms with Crippen LogP contribution in [0, 0.1) is 0 Å². The van der Waals surface area contributed by atoms with Crippen molar-refractivity contribution >= 4 is 17.7 Å². The Morgan fingerprint density at radius 3 is 2.70 bits per heavy atom. The van der Waals surface area contributed by atoms with Crippen LogP contribution in [0.5, 0.6) is 5.75 Å². The number of carbonyl (C=O) groups is 1. The first kappa shape index (κ1) is 21.7. The van der Waals surface area contributed by atoms with Crippen LogP contribution in [0.4, 0.5) is 20.5 Å². The predicted octanol–water partition coefficient (Wildman–Crippen LogP) is 2.81. The molecule has 1 aliphatic heterocycles. The van der Waals surface area contributed by atoms with E-state index >= 15 is 0 Å². The number of benzene rings is 1. The number of hydrogen-bond donors (Lipinski definition) is 1. The Balaban J connectivity index is 1.61. The number of halogens is 2. The summed E-state index contributed by atoms with van der Waals surface area (Å²) in [7, 11) is 1.94. The van der Waals surface area contributed by atoms with Gasteiger partial charge in [-0.05, 0) is 30.7 Å². The molecule has 0 spiro atoms. The van der Waals surface area contributed by atoms with Gasteiger partial charge in [0, 0.05) is 32.8 Å². The van der Waals surface area contributed by atoms with Crippen molar-refractivity contribution < 1.29 is 18.3 Å². The first-order valence-electron chi connectivity index (χ1n) is 9.95. The molecule has 1 aliphatic rings. The second-order valence-corrected chi connectivity index (χ2v) is 7.48. The molecule has 1 amide bonds. The molecule has 2 heterocycles. The second-order valence-electron chi connectivity index (χ2n) is 7.48. The molecule has 0 aliphatic carbocycles. The van der Waals surface area contributed by atoms with Crippen LogP contribution in [0.15, 0.2) is 36.5 Å². The molecule has 3 rings (SSSR count). The smallest absolute Gasteiger partial charge is 0.330 e. The Bertz CT molecular complexity index is 878. The molecule has 0 radical (unpaired) electrons. The molecule has 7 nitrogen and oxygen atoms in total. The van der Waals surface area contributed by atoms with E-state index in [1.54, 1.807) is 30.5 Å². The number of primary amides is 1. The summed E-state index contributed by atoms with van der Waals surface area (Å²) < 4.78 is 33.7. The van der Waals surface area contributed by atoms with E-state index in [0.29, 0.717) is 23.8 Å². The third-order valence-corrected chi connectivity index (χ3v) is 5.47. The van der Waals surface area contributed by atoms with Crippen LogP contribution in [0.25, 0.3) is 0 Å². The summed E-state index contributed by atoms with van der Waals surface area (Å²) in [6.07, 6.45) is 2.53. The van der Waals surface area contributed by atoms with Crippen molar-refractivity contribution in [1.29, 1.82) is 0 Å². The first-order valence-corrected chi connectivity index (χ1v) is 9.95. The molecule has 2 aromatic rings. The molecule has 1 aromatic carbocycles. The average molecular weight is 419 g/mol. The molecule has 0 unspecified atom stereocenters. The fourth-order valence-corrected chi connectivity index (χ4v) is 3.32. The van der Waals surface area contributed by atoms with Crippen molar-refractivity contribution in [3.63, 3.8) is 0 Å². The number of nitrogens with zero attached hydrogens (tertiary/aromatic N) is 4. The first-order chi connectivity index (χ1) is 14.2. The maximum absolute atomic E-state index is 13.8. The monoisotopic (exact) mass is 419 g/mol. The van der Waals surface area contributed by atoms with Gasteiger partial charge in [-0.1, -0.05) is 19.1 Å². The number of anilines is 2. The van der Waals surface area contributed by atoms with E-state index in [0.717, 1.165) is 25.3 Å². The van der Waals surface area contributed by atoms with Crippen LogP contribution in [0.2, 0.25) is 0 Å². The van der Waals surface area contributed by atoms with Gasteiger partial charge in [0.2, 0.25) is 5.95 Å². The molecular formula is C21H27F2N5O2. The maximum Gasteiger partial charge on any atom is 0.330 e. The number of nitrogens with two attached hydrogens (primary N) is 1. The van der Waals surface area contributed by atoms with Gasteiger partial charge in [0.05, 0.1) is 12.5 Å². The SMILES string of the molecule is CCN(C)c1nccc(N2CC[C@@H](Oc3ccc([C@H](C)C(F)(F)C(N)=O)cc3)C2)n1. The maximum atomic E-state index is 13.8. The molecule has 2 N–H and O–H groups in total.